The van der Waals surface area contributed by atoms with Crippen molar-refractivity contribution in [1.29, 1.82) is 0 Å². The normalized spacial score (nSPS) is 16.9. The molecular formula is C24H28ClFN4O2. The lowest BCUT2D eigenvalue weighted by Crippen LogP contribution is -2.47. The number of likely N-dealkylation sites (tertiary alicyclic amines) is 1. The molecule has 4 rings (SSSR count). The third-order valence-corrected chi connectivity index (χ3v) is 5.79. The lowest BCUT2D eigenvalue weighted by Gasteiger charge is -2.34. The first kappa shape index (κ1) is 22.4. The van der Waals surface area contributed by atoms with Gasteiger partial charge in [0.1, 0.15) is 11.4 Å². The fourth-order valence-corrected chi connectivity index (χ4v) is 4.18. The number of para-hydroxylation sites is 2. The molecule has 0 radical (unpaired) electrons. The van der Waals surface area contributed by atoms with Crippen LogP contribution in [0.3, 0.4) is 0 Å². The van der Waals surface area contributed by atoms with Crippen molar-refractivity contribution in [3.05, 3.63) is 58.9 Å². The molecular weight excluding hydrogens is 431 g/mol. The summed E-state index contributed by atoms with van der Waals surface area (Å²) in [5.41, 5.74) is 1.57. The number of hydrogen-bond donors (Lipinski definition) is 1. The first-order chi connectivity index (χ1) is 15.2. The van der Waals surface area contributed by atoms with Crippen molar-refractivity contribution in [2.24, 2.45) is 0 Å². The average molecular weight is 459 g/mol. The molecule has 8 heteroatoms. The number of piperidine rings is 1. The van der Waals surface area contributed by atoms with Gasteiger partial charge in [0, 0.05) is 29.7 Å². The van der Waals surface area contributed by atoms with Crippen molar-refractivity contribution in [3.8, 4) is 0 Å². The fraction of sp³-hybridized carbons (Fsp3) is 0.417. The first-order valence-corrected chi connectivity index (χ1v) is 11.2. The highest BCUT2D eigenvalue weighted by molar-refractivity contribution is 6.31. The SMILES string of the molecule is CC(C)(C)OC(=O)N1CCC[C@H](Nc2nc3ccccc3n2Cc2c(F)cccc2Cl)C1. The number of aromatic nitrogens is 2. The van der Waals surface area contributed by atoms with Crippen LogP contribution in [-0.4, -0.2) is 45.3 Å². The predicted molar refractivity (Wildman–Crippen MR) is 125 cm³/mol. The van der Waals surface area contributed by atoms with Crippen molar-refractivity contribution >= 4 is 34.7 Å². The Kier molecular flexibility index (Phi) is 6.29. The molecule has 2 aromatic carbocycles. The third-order valence-electron chi connectivity index (χ3n) is 5.44. The van der Waals surface area contributed by atoms with Crippen LogP contribution in [0.15, 0.2) is 42.5 Å². The Labute approximate surface area is 192 Å². The van der Waals surface area contributed by atoms with E-state index in [1.54, 1.807) is 17.0 Å². The Morgan fingerprint density at radius 3 is 2.78 bits per heavy atom. The number of carbonyl (C=O) groups excluding carboxylic acids is 1. The highest BCUT2D eigenvalue weighted by Crippen LogP contribution is 2.27. The summed E-state index contributed by atoms with van der Waals surface area (Å²) in [6, 6.07) is 12.4. The van der Waals surface area contributed by atoms with Crippen molar-refractivity contribution in [1.82, 2.24) is 14.5 Å². The second kappa shape index (κ2) is 8.98. The molecule has 0 unspecified atom stereocenters. The molecule has 32 heavy (non-hydrogen) atoms. The van der Waals surface area contributed by atoms with Gasteiger partial charge in [-0.05, 0) is 57.9 Å². The minimum Gasteiger partial charge on any atom is -0.444 e. The molecule has 1 aromatic heterocycles. The van der Waals surface area contributed by atoms with Crippen molar-refractivity contribution in [2.45, 2.75) is 51.8 Å². The van der Waals surface area contributed by atoms with Gasteiger partial charge in [-0.2, -0.15) is 0 Å². The fourth-order valence-electron chi connectivity index (χ4n) is 3.96. The number of imidazole rings is 1. The molecule has 0 saturated carbocycles. The molecule has 1 fully saturated rings. The Morgan fingerprint density at radius 2 is 2.03 bits per heavy atom. The van der Waals surface area contributed by atoms with E-state index < -0.39 is 5.60 Å². The van der Waals surface area contributed by atoms with Crippen LogP contribution in [0.4, 0.5) is 15.1 Å². The van der Waals surface area contributed by atoms with Gasteiger partial charge in [-0.1, -0.05) is 29.8 Å². The van der Waals surface area contributed by atoms with Crippen molar-refractivity contribution < 1.29 is 13.9 Å². The van der Waals surface area contributed by atoms with E-state index in [2.05, 4.69) is 5.32 Å². The number of amides is 1. The standard InChI is InChI=1S/C24H28ClFN4O2/c1-24(2,3)32-23(31)29-13-7-8-16(14-29)27-22-28-20-11-4-5-12-21(20)30(22)15-17-18(25)9-6-10-19(17)26/h4-6,9-12,16H,7-8,13-15H2,1-3H3,(H,27,28)/t16-/m0/s1. The third kappa shape index (κ3) is 4.99. The molecule has 1 N–H and O–H groups in total. The highest BCUT2D eigenvalue weighted by Gasteiger charge is 2.28. The molecule has 2 heterocycles. The van der Waals surface area contributed by atoms with Gasteiger partial charge in [-0.15, -0.1) is 0 Å². The number of benzene rings is 2. The Balaban J connectivity index is 1.59. The largest absolute Gasteiger partial charge is 0.444 e. The molecule has 3 aromatic rings. The predicted octanol–water partition coefficient (Wildman–Crippen LogP) is 5.69. The molecule has 1 aliphatic heterocycles. The summed E-state index contributed by atoms with van der Waals surface area (Å²) in [5, 5.41) is 3.86. The van der Waals surface area contributed by atoms with Gasteiger partial charge in [0.15, 0.2) is 0 Å². The molecule has 1 saturated heterocycles. The number of rotatable bonds is 4. The lowest BCUT2D eigenvalue weighted by atomic mass is 10.1. The number of nitrogens with zero attached hydrogens (tertiary/aromatic N) is 3. The second-order valence-electron chi connectivity index (χ2n) is 9.12. The van der Waals surface area contributed by atoms with E-state index in [-0.39, 0.29) is 24.5 Å². The molecule has 0 spiro atoms. The van der Waals surface area contributed by atoms with E-state index in [0.29, 0.717) is 29.6 Å². The number of anilines is 1. The van der Waals surface area contributed by atoms with Gasteiger partial charge < -0.3 is 19.5 Å². The summed E-state index contributed by atoms with van der Waals surface area (Å²) >= 11 is 6.30. The number of halogens is 2. The zero-order valence-corrected chi connectivity index (χ0v) is 19.3. The number of hydrogen-bond acceptors (Lipinski definition) is 4. The van der Waals surface area contributed by atoms with E-state index in [1.165, 1.54) is 6.07 Å². The quantitative estimate of drug-likeness (QED) is 0.545. The van der Waals surface area contributed by atoms with E-state index >= 15 is 0 Å². The lowest BCUT2D eigenvalue weighted by molar-refractivity contribution is 0.0206. The zero-order valence-electron chi connectivity index (χ0n) is 18.6. The molecule has 1 atom stereocenters. The second-order valence-corrected chi connectivity index (χ2v) is 9.53. The van der Waals surface area contributed by atoms with Crippen LogP contribution >= 0.6 is 11.6 Å². The van der Waals surface area contributed by atoms with Crippen molar-refractivity contribution in [2.75, 3.05) is 18.4 Å². The van der Waals surface area contributed by atoms with Gasteiger partial charge in [-0.3, -0.25) is 0 Å². The van der Waals surface area contributed by atoms with Crippen LogP contribution in [-0.2, 0) is 11.3 Å². The first-order valence-electron chi connectivity index (χ1n) is 10.8. The van der Waals surface area contributed by atoms with Crippen LogP contribution in [0, 0.1) is 5.82 Å². The number of carbonyl (C=O) groups is 1. The highest BCUT2D eigenvalue weighted by atomic mass is 35.5. The molecule has 1 aliphatic rings. The maximum absolute atomic E-state index is 14.5. The van der Waals surface area contributed by atoms with Crippen LogP contribution < -0.4 is 5.32 Å². The minimum atomic E-state index is -0.537. The summed E-state index contributed by atoms with van der Waals surface area (Å²) < 4.78 is 22.0. The van der Waals surface area contributed by atoms with Gasteiger partial charge in [0.25, 0.3) is 0 Å². The van der Waals surface area contributed by atoms with Crippen LogP contribution in [0.2, 0.25) is 5.02 Å². The van der Waals surface area contributed by atoms with Gasteiger partial charge in [0.05, 0.1) is 17.6 Å². The summed E-state index contributed by atoms with van der Waals surface area (Å²) in [6.45, 7) is 7.01. The number of nitrogens with one attached hydrogen (secondary N) is 1. The molecule has 1 amide bonds. The Bertz CT molecular complexity index is 1100. The monoisotopic (exact) mass is 458 g/mol. The van der Waals surface area contributed by atoms with Crippen LogP contribution in [0.25, 0.3) is 11.0 Å². The summed E-state index contributed by atoms with van der Waals surface area (Å²) in [7, 11) is 0. The Hall–Kier alpha value is -2.80. The number of ether oxygens (including phenoxy) is 1. The van der Waals surface area contributed by atoms with Crippen molar-refractivity contribution in [3.63, 3.8) is 0 Å². The van der Waals surface area contributed by atoms with E-state index in [1.807, 2.05) is 49.6 Å². The Morgan fingerprint density at radius 1 is 1.25 bits per heavy atom. The summed E-state index contributed by atoms with van der Waals surface area (Å²) in [6.07, 6.45) is 1.44. The summed E-state index contributed by atoms with van der Waals surface area (Å²) in [5.74, 6) is 0.275. The van der Waals surface area contributed by atoms with Gasteiger partial charge >= 0.3 is 6.09 Å². The smallest absolute Gasteiger partial charge is 0.410 e. The van der Waals surface area contributed by atoms with Crippen LogP contribution in [0.1, 0.15) is 39.2 Å². The zero-order chi connectivity index (χ0) is 22.9. The topological polar surface area (TPSA) is 59.4 Å². The maximum atomic E-state index is 14.5. The maximum Gasteiger partial charge on any atom is 0.410 e. The van der Waals surface area contributed by atoms with Gasteiger partial charge in [0.2, 0.25) is 5.95 Å². The van der Waals surface area contributed by atoms with Gasteiger partial charge in [-0.25, -0.2) is 14.2 Å². The molecule has 6 nitrogen and oxygen atoms in total. The van der Waals surface area contributed by atoms with E-state index in [9.17, 15) is 9.18 Å². The van der Waals surface area contributed by atoms with Crippen LogP contribution in [0.5, 0.6) is 0 Å². The van der Waals surface area contributed by atoms with E-state index in [0.717, 1.165) is 23.9 Å². The molecule has 0 bridgehead atoms. The average Bonchev–Trinajstić information content (AvgIpc) is 3.06. The summed E-state index contributed by atoms with van der Waals surface area (Å²) in [4.78, 5) is 19.0. The van der Waals surface area contributed by atoms with E-state index in [4.69, 9.17) is 21.3 Å². The minimum absolute atomic E-state index is 0.00271. The molecule has 0 aliphatic carbocycles. The number of fused-ring (bicyclic) bond motifs is 1. The molecule has 170 valence electrons.